The van der Waals surface area contributed by atoms with E-state index in [-0.39, 0.29) is 19.0 Å². The van der Waals surface area contributed by atoms with Crippen LogP contribution in [0.3, 0.4) is 0 Å². The van der Waals surface area contributed by atoms with E-state index in [1.165, 1.54) is 13.2 Å². The minimum atomic E-state index is -0.410. The largest absolute Gasteiger partial charge is 0.481 e. The maximum Gasteiger partial charge on any atom is 0.343 e. The zero-order valence-corrected chi connectivity index (χ0v) is 16.2. The van der Waals surface area contributed by atoms with E-state index >= 15 is 0 Å². The van der Waals surface area contributed by atoms with Gasteiger partial charge in [0.2, 0.25) is 0 Å². The number of methoxy groups -OCH3 is 2. The maximum atomic E-state index is 13.7. The van der Waals surface area contributed by atoms with E-state index in [9.17, 15) is 9.18 Å². The summed E-state index contributed by atoms with van der Waals surface area (Å²) in [7, 11) is 2.88. The zero-order chi connectivity index (χ0) is 19.8. The van der Waals surface area contributed by atoms with Crippen LogP contribution in [0.4, 0.5) is 4.39 Å². The first-order valence-corrected chi connectivity index (χ1v) is 8.71. The Morgan fingerprint density at radius 1 is 1.04 bits per heavy atom. The molecule has 1 N–H and O–H groups in total. The van der Waals surface area contributed by atoms with Crippen molar-refractivity contribution in [3.05, 3.63) is 64.0 Å². The van der Waals surface area contributed by atoms with Gasteiger partial charge in [-0.3, -0.25) is 0 Å². The second-order valence-electron chi connectivity index (χ2n) is 6.39. The summed E-state index contributed by atoms with van der Waals surface area (Å²) in [5, 5.41) is 3.36. The Morgan fingerprint density at radius 2 is 1.70 bits per heavy atom. The van der Waals surface area contributed by atoms with Gasteiger partial charge in [0.25, 0.3) is 0 Å². The minimum absolute atomic E-state index is 0.107. The molecule has 0 unspecified atom stereocenters. The quantitative estimate of drug-likeness (QED) is 0.681. The average Bonchev–Trinajstić information content (AvgIpc) is 2.63. The van der Waals surface area contributed by atoms with Crippen molar-refractivity contribution in [1.29, 1.82) is 0 Å². The summed E-state index contributed by atoms with van der Waals surface area (Å²) < 4.78 is 28.8. The molecule has 0 aliphatic rings. The standard InChI is InChI=1S/C21H26FNO4/c1-14-7-17(8-15(2)21(14)27-13-20(24)26-4)11-23-10-16-5-6-19(22)18(9-16)12-25-3/h5-9,23H,10-13H2,1-4H3. The molecule has 0 saturated heterocycles. The Morgan fingerprint density at radius 3 is 2.33 bits per heavy atom. The van der Waals surface area contributed by atoms with Crippen LogP contribution in [-0.4, -0.2) is 26.8 Å². The minimum Gasteiger partial charge on any atom is -0.481 e. The fourth-order valence-corrected chi connectivity index (χ4v) is 2.92. The lowest BCUT2D eigenvalue weighted by molar-refractivity contribution is -0.142. The van der Waals surface area contributed by atoms with Gasteiger partial charge in [-0.05, 0) is 48.2 Å². The van der Waals surface area contributed by atoms with Crippen molar-refractivity contribution in [2.75, 3.05) is 20.8 Å². The molecule has 2 aromatic rings. The van der Waals surface area contributed by atoms with Gasteiger partial charge in [0.15, 0.2) is 6.61 Å². The molecule has 0 bridgehead atoms. The molecular formula is C21H26FNO4. The lowest BCUT2D eigenvalue weighted by Crippen LogP contribution is -2.15. The number of hydrogen-bond donors (Lipinski definition) is 1. The molecule has 0 saturated carbocycles. The third-order valence-electron chi connectivity index (χ3n) is 4.15. The summed E-state index contributed by atoms with van der Waals surface area (Å²) in [5.74, 6) is 0.0352. The summed E-state index contributed by atoms with van der Waals surface area (Å²) in [4.78, 5) is 11.2. The second kappa shape index (κ2) is 10.0. The van der Waals surface area contributed by atoms with Crippen LogP contribution in [0.2, 0.25) is 0 Å². The topological polar surface area (TPSA) is 56.8 Å². The zero-order valence-electron chi connectivity index (χ0n) is 16.2. The molecule has 0 fully saturated rings. The van der Waals surface area contributed by atoms with E-state index in [1.807, 2.05) is 32.0 Å². The first-order valence-electron chi connectivity index (χ1n) is 8.71. The van der Waals surface area contributed by atoms with E-state index < -0.39 is 5.97 Å². The number of carbonyl (C=O) groups is 1. The van der Waals surface area contributed by atoms with Crippen molar-refractivity contribution in [1.82, 2.24) is 5.32 Å². The number of ether oxygens (including phenoxy) is 3. The molecule has 5 nitrogen and oxygen atoms in total. The molecule has 6 heteroatoms. The summed E-state index contributed by atoms with van der Waals surface area (Å²) in [6.07, 6.45) is 0. The van der Waals surface area contributed by atoms with E-state index in [1.54, 1.807) is 13.2 Å². The highest BCUT2D eigenvalue weighted by molar-refractivity contribution is 5.71. The Kier molecular flexibility index (Phi) is 7.76. The Labute approximate surface area is 159 Å². The number of carbonyl (C=O) groups excluding carboxylic acids is 1. The lowest BCUT2D eigenvalue weighted by atomic mass is 10.1. The first kappa shape index (κ1) is 20.9. The first-order chi connectivity index (χ1) is 12.9. The van der Waals surface area contributed by atoms with Crippen molar-refractivity contribution in [3.8, 4) is 5.75 Å². The second-order valence-corrected chi connectivity index (χ2v) is 6.39. The molecule has 0 atom stereocenters. The highest BCUT2D eigenvalue weighted by atomic mass is 19.1. The average molecular weight is 375 g/mol. The smallest absolute Gasteiger partial charge is 0.343 e. The molecule has 0 aliphatic carbocycles. The molecule has 146 valence electrons. The number of rotatable bonds is 9. The molecule has 0 heterocycles. The molecular weight excluding hydrogens is 349 g/mol. The van der Waals surface area contributed by atoms with Gasteiger partial charge in [-0.25, -0.2) is 9.18 Å². The van der Waals surface area contributed by atoms with E-state index in [0.29, 0.717) is 24.4 Å². The summed E-state index contributed by atoms with van der Waals surface area (Å²) in [6.45, 7) is 5.32. The van der Waals surface area contributed by atoms with Crippen LogP contribution in [0, 0.1) is 19.7 Å². The monoisotopic (exact) mass is 375 g/mol. The van der Waals surface area contributed by atoms with Crippen LogP contribution < -0.4 is 10.1 Å². The van der Waals surface area contributed by atoms with Crippen LogP contribution in [0.25, 0.3) is 0 Å². The number of benzene rings is 2. The van der Waals surface area contributed by atoms with Crippen molar-refractivity contribution in [3.63, 3.8) is 0 Å². The molecule has 0 amide bonds. The van der Waals surface area contributed by atoms with E-state index in [0.717, 1.165) is 22.3 Å². The normalized spacial score (nSPS) is 10.7. The molecule has 0 aliphatic heterocycles. The van der Waals surface area contributed by atoms with Crippen LogP contribution >= 0.6 is 0 Å². The highest BCUT2D eigenvalue weighted by Gasteiger charge is 2.09. The number of halogens is 1. The summed E-state index contributed by atoms with van der Waals surface area (Å²) in [5.41, 5.74) is 4.57. The Balaban J connectivity index is 1.96. The van der Waals surface area contributed by atoms with Gasteiger partial charge < -0.3 is 19.5 Å². The number of aryl methyl sites for hydroxylation is 2. The summed E-state index contributed by atoms with van der Waals surface area (Å²) in [6, 6.07) is 9.09. The Bertz CT molecular complexity index is 769. The number of nitrogens with one attached hydrogen (secondary N) is 1. The predicted octanol–water partition coefficient (Wildman–Crippen LogP) is 3.43. The van der Waals surface area contributed by atoms with E-state index in [4.69, 9.17) is 9.47 Å². The molecule has 0 aromatic heterocycles. The van der Waals surface area contributed by atoms with Gasteiger partial charge in [0.1, 0.15) is 11.6 Å². The predicted molar refractivity (Wildman–Crippen MR) is 101 cm³/mol. The molecule has 0 radical (unpaired) electrons. The summed E-state index contributed by atoms with van der Waals surface area (Å²) >= 11 is 0. The van der Waals surface area contributed by atoms with Gasteiger partial charge in [-0.1, -0.05) is 18.2 Å². The van der Waals surface area contributed by atoms with Gasteiger partial charge >= 0.3 is 5.97 Å². The molecule has 2 aromatic carbocycles. The molecule has 0 spiro atoms. The maximum absolute atomic E-state index is 13.7. The van der Waals surface area contributed by atoms with Crippen LogP contribution in [0.5, 0.6) is 5.75 Å². The van der Waals surface area contributed by atoms with Gasteiger partial charge in [-0.15, -0.1) is 0 Å². The fourth-order valence-electron chi connectivity index (χ4n) is 2.92. The van der Waals surface area contributed by atoms with Crippen molar-refractivity contribution in [2.24, 2.45) is 0 Å². The lowest BCUT2D eigenvalue weighted by Gasteiger charge is -2.14. The van der Waals surface area contributed by atoms with Crippen molar-refractivity contribution in [2.45, 2.75) is 33.5 Å². The third kappa shape index (κ3) is 6.05. The Hall–Kier alpha value is -2.44. The van der Waals surface area contributed by atoms with Crippen LogP contribution in [0.15, 0.2) is 30.3 Å². The van der Waals surface area contributed by atoms with Gasteiger partial charge in [0.05, 0.1) is 13.7 Å². The van der Waals surface area contributed by atoms with Gasteiger partial charge in [-0.2, -0.15) is 0 Å². The van der Waals surface area contributed by atoms with Gasteiger partial charge in [0, 0.05) is 25.8 Å². The SMILES string of the molecule is COCc1cc(CNCc2cc(C)c(OCC(=O)OC)c(C)c2)ccc1F. The van der Waals surface area contributed by atoms with E-state index in [2.05, 4.69) is 10.1 Å². The fraction of sp³-hybridized carbons (Fsp3) is 0.381. The highest BCUT2D eigenvalue weighted by Crippen LogP contribution is 2.25. The molecule has 2 rings (SSSR count). The van der Waals surface area contributed by atoms with Crippen molar-refractivity contribution < 1.29 is 23.4 Å². The molecule has 27 heavy (non-hydrogen) atoms. The third-order valence-corrected chi connectivity index (χ3v) is 4.15. The number of esters is 1. The van der Waals surface area contributed by atoms with Crippen LogP contribution in [-0.2, 0) is 34.0 Å². The van der Waals surface area contributed by atoms with Crippen molar-refractivity contribution >= 4 is 5.97 Å². The number of hydrogen-bond acceptors (Lipinski definition) is 5. The van der Waals surface area contributed by atoms with Crippen LogP contribution in [0.1, 0.15) is 27.8 Å².